The van der Waals surface area contributed by atoms with Crippen LogP contribution in [-0.4, -0.2) is 42.0 Å². The number of nitrogens with zero attached hydrogens (tertiary/aromatic N) is 3. The minimum atomic E-state index is -0.349. The second-order valence-electron chi connectivity index (χ2n) is 4.87. The fraction of sp³-hybridized carbons (Fsp3) is 0.357. The highest BCUT2D eigenvalue weighted by Crippen LogP contribution is 2.32. The van der Waals surface area contributed by atoms with E-state index in [-0.39, 0.29) is 10.6 Å². The van der Waals surface area contributed by atoms with E-state index in [2.05, 4.69) is 15.2 Å². The van der Waals surface area contributed by atoms with Gasteiger partial charge in [0.25, 0.3) is 0 Å². The van der Waals surface area contributed by atoms with Gasteiger partial charge in [-0.05, 0) is 51.3 Å². The lowest BCUT2D eigenvalue weighted by atomic mass is 10.1. The Labute approximate surface area is 117 Å². The van der Waals surface area contributed by atoms with E-state index in [9.17, 15) is 10.1 Å². The molecule has 0 aliphatic rings. The Balaban J connectivity index is 2.24. The van der Waals surface area contributed by atoms with Gasteiger partial charge in [-0.15, -0.1) is 0 Å². The van der Waals surface area contributed by atoms with Gasteiger partial charge in [0.2, 0.25) is 0 Å². The number of hydrogen-bond donors (Lipinski definition) is 1. The van der Waals surface area contributed by atoms with Crippen LogP contribution in [0.4, 0.5) is 11.4 Å². The quantitative estimate of drug-likeness (QED) is 0.498. The largest absolute Gasteiger partial charge is 0.379 e. The van der Waals surface area contributed by atoms with Crippen molar-refractivity contribution < 1.29 is 4.92 Å². The lowest BCUT2D eigenvalue weighted by Gasteiger charge is -2.11. The zero-order valence-electron chi connectivity index (χ0n) is 11.7. The van der Waals surface area contributed by atoms with Crippen LogP contribution in [0.3, 0.4) is 0 Å². The van der Waals surface area contributed by atoms with E-state index in [1.54, 1.807) is 30.5 Å². The Hall–Kier alpha value is -2.21. The average molecular weight is 274 g/mol. The monoisotopic (exact) mass is 274 g/mol. The Kier molecular flexibility index (Phi) is 4.47. The highest BCUT2D eigenvalue weighted by molar-refractivity contribution is 5.94. The first kappa shape index (κ1) is 14.2. The Bertz CT molecular complexity index is 613. The number of benzene rings is 1. The third kappa shape index (κ3) is 3.21. The molecule has 1 N–H and O–H groups in total. The van der Waals surface area contributed by atoms with E-state index in [1.807, 2.05) is 14.1 Å². The van der Waals surface area contributed by atoms with Gasteiger partial charge in [-0.1, -0.05) is 0 Å². The van der Waals surface area contributed by atoms with E-state index in [1.165, 1.54) is 0 Å². The number of nitro benzene ring substituents is 1. The summed E-state index contributed by atoms with van der Waals surface area (Å²) in [5, 5.41) is 15.0. The van der Waals surface area contributed by atoms with Gasteiger partial charge in [0.05, 0.1) is 15.8 Å². The van der Waals surface area contributed by atoms with Crippen molar-refractivity contribution in [1.82, 2.24) is 9.88 Å². The molecule has 0 aliphatic heterocycles. The molecule has 0 unspecified atom stereocenters. The molecule has 0 atom stereocenters. The zero-order valence-corrected chi connectivity index (χ0v) is 11.7. The number of anilines is 1. The summed E-state index contributed by atoms with van der Waals surface area (Å²) in [6.45, 7) is 1.64. The van der Waals surface area contributed by atoms with Gasteiger partial charge >= 0.3 is 5.69 Å². The number of aromatic nitrogens is 1. The average Bonchev–Trinajstić information content (AvgIpc) is 2.42. The molecule has 2 rings (SSSR count). The number of rotatable bonds is 6. The predicted octanol–water partition coefficient (Wildman–Crippen LogP) is 2.51. The first-order chi connectivity index (χ1) is 9.59. The summed E-state index contributed by atoms with van der Waals surface area (Å²) >= 11 is 0. The van der Waals surface area contributed by atoms with Crippen molar-refractivity contribution in [1.29, 1.82) is 0 Å². The van der Waals surface area contributed by atoms with Crippen LogP contribution < -0.4 is 5.32 Å². The van der Waals surface area contributed by atoms with Crippen LogP contribution in [0, 0.1) is 10.1 Å². The summed E-state index contributed by atoms with van der Waals surface area (Å²) in [5.41, 5.74) is 1.28. The Morgan fingerprint density at radius 1 is 1.35 bits per heavy atom. The molecule has 6 heteroatoms. The molecular formula is C14H18N4O2. The smallest absolute Gasteiger partial charge is 0.301 e. The van der Waals surface area contributed by atoms with E-state index < -0.39 is 0 Å². The third-order valence-electron chi connectivity index (χ3n) is 3.04. The second-order valence-corrected chi connectivity index (χ2v) is 4.87. The summed E-state index contributed by atoms with van der Waals surface area (Å²) in [7, 11) is 4.01. The SMILES string of the molecule is CN(C)CCCNc1ccc2ncccc2c1[N+](=O)[O-]. The van der Waals surface area contributed by atoms with E-state index in [0.717, 1.165) is 13.0 Å². The van der Waals surface area contributed by atoms with Crippen molar-refractivity contribution >= 4 is 22.3 Å². The van der Waals surface area contributed by atoms with Crippen LogP contribution in [0.25, 0.3) is 10.9 Å². The minimum Gasteiger partial charge on any atom is -0.379 e. The standard InChI is InChI=1S/C14H18N4O2/c1-17(2)10-4-9-16-13-7-6-12-11(5-3-8-15-12)14(13)18(19)20/h3,5-8,16H,4,9-10H2,1-2H3. The van der Waals surface area contributed by atoms with Gasteiger partial charge in [-0.2, -0.15) is 0 Å². The van der Waals surface area contributed by atoms with Crippen LogP contribution in [0.15, 0.2) is 30.5 Å². The van der Waals surface area contributed by atoms with E-state index >= 15 is 0 Å². The van der Waals surface area contributed by atoms with Gasteiger partial charge < -0.3 is 10.2 Å². The molecule has 1 heterocycles. The van der Waals surface area contributed by atoms with Crippen molar-refractivity contribution in [2.75, 3.05) is 32.5 Å². The summed E-state index contributed by atoms with van der Waals surface area (Å²) in [6.07, 6.45) is 2.56. The summed E-state index contributed by atoms with van der Waals surface area (Å²) in [5.74, 6) is 0. The number of fused-ring (bicyclic) bond motifs is 1. The van der Waals surface area contributed by atoms with E-state index in [4.69, 9.17) is 0 Å². The topological polar surface area (TPSA) is 71.3 Å². The summed E-state index contributed by atoms with van der Waals surface area (Å²) in [4.78, 5) is 17.2. The normalized spacial score (nSPS) is 10.9. The molecule has 2 aromatic rings. The van der Waals surface area contributed by atoms with Crippen molar-refractivity contribution in [2.45, 2.75) is 6.42 Å². The van der Waals surface area contributed by atoms with Crippen LogP contribution in [0.1, 0.15) is 6.42 Å². The van der Waals surface area contributed by atoms with Gasteiger partial charge in [-0.25, -0.2) is 0 Å². The molecular weight excluding hydrogens is 256 g/mol. The maximum absolute atomic E-state index is 11.3. The molecule has 20 heavy (non-hydrogen) atoms. The lowest BCUT2D eigenvalue weighted by molar-refractivity contribution is -0.382. The van der Waals surface area contributed by atoms with Crippen molar-refractivity contribution in [3.8, 4) is 0 Å². The summed E-state index contributed by atoms with van der Waals surface area (Å²) in [6, 6.07) is 6.97. The molecule has 0 bridgehead atoms. The molecule has 0 amide bonds. The zero-order chi connectivity index (χ0) is 14.5. The van der Waals surface area contributed by atoms with Crippen LogP contribution in [-0.2, 0) is 0 Å². The molecule has 106 valence electrons. The van der Waals surface area contributed by atoms with Crippen LogP contribution >= 0.6 is 0 Å². The highest BCUT2D eigenvalue weighted by Gasteiger charge is 2.18. The fourth-order valence-corrected chi connectivity index (χ4v) is 2.09. The van der Waals surface area contributed by atoms with Gasteiger partial charge in [0.1, 0.15) is 5.69 Å². The third-order valence-corrected chi connectivity index (χ3v) is 3.04. The van der Waals surface area contributed by atoms with Gasteiger partial charge in [0.15, 0.2) is 0 Å². The molecule has 0 aliphatic carbocycles. The van der Waals surface area contributed by atoms with E-state index in [0.29, 0.717) is 23.1 Å². The first-order valence-corrected chi connectivity index (χ1v) is 6.50. The molecule has 0 spiro atoms. The van der Waals surface area contributed by atoms with Crippen molar-refractivity contribution in [3.63, 3.8) is 0 Å². The number of pyridine rings is 1. The predicted molar refractivity (Wildman–Crippen MR) is 80.1 cm³/mol. The number of nitrogens with one attached hydrogen (secondary N) is 1. The molecule has 0 radical (unpaired) electrons. The van der Waals surface area contributed by atoms with Crippen LogP contribution in [0.2, 0.25) is 0 Å². The second kappa shape index (κ2) is 6.29. The molecule has 0 saturated heterocycles. The Morgan fingerprint density at radius 2 is 2.15 bits per heavy atom. The van der Waals surface area contributed by atoms with Gasteiger partial charge in [0, 0.05) is 12.7 Å². The molecule has 1 aromatic heterocycles. The molecule has 0 fully saturated rings. The maximum atomic E-state index is 11.3. The van der Waals surface area contributed by atoms with Gasteiger partial charge in [-0.3, -0.25) is 15.1 Å². The van der Waals surface area contributed by atoms with Crippen LogP contribution in [0.5, 0.6) is 0 Å². The maximum Gasteiger partial charge on any atom is 0.301 e. The molecule has 1 aromatic carbocycles. The highest BCUT2D eigenvalue weighted by atomic mass is 16.6. The number of hydrogen-bond acceptors (Lipinski definition) is 5. The lowest BCUT2D eigenvalue weighted by Crippen LogP contribution is -2.16. The first-order valence-electron chi connectivity index (χ1n) is 6.50. The fourth-order valence-electron chi connectivity index (χ4n) is 2.09. The minimum absolute atomic E-state index is 0.0976. The number of nitro groups is 1. The molecule has 0 saturated carbocycles. The van der Waals surface area contributed by atoms with Crippen molar-refractivity contribution in [2.24, 2.45) is 0 Å². The summed E-state index contributed by atoms with van der Waals surface area (Å²) < 4.78 is 0. The molecule has 6 nitrogen and oxygen atoms in total. The Morgan fingerprint density at radius 3 is 2.85 bits per heavy atom. The van der Waals surface area contributed by atoms with Crippen molar-refractivity contribution in [3.05, 3.63) is 40.6 Å².